The van der Waals surface area contributed by atoms with E-state index in [0.717, 1.165) is 29.8 Å². The van der Waals surface area contributed by atoms with Gasteiger partial charge in [-0.2, -0.15) is 5.10 Å². The molecule has 5 heteroatoms. The monoisotopic (exact) mass is 239 g/mol. The predicted octanol–water partition coefficient (Wildman–Crippen LogP) is 1.94. The van der Waals surface area contributed by atoms with Crippen LogP contribution >= 0.6 is 0 Å². The van der Waals surface area contributed by atoms with E-state index < -0.39 is 0 Å². The lowest BCUT2D eigenvalue weighted by Crippen LogP contribution is -2.11. The summed E-state index contributed by atoms with van der Waals surface area (Å²) in [5.41, 5.74) is 0.953. The van der Waals surface area contributed by atoms with Crippen molar-refractivity contribution < 1.29 is 0 Å². The first-order chi connectivity index (χ1) is 8.93. The fourth-order valence-corrected chi connectivity index (χ4v) is 1.87. The summed E-state index contributed by atoms with van der Waals surface area (Å²) in [6.45, 7) is 1.59. The molecule has 1 N–H and O–H groups in total. The van der Waals surface area contributed by atoms with Gasteiger partial charge in [0.2, 0.25) is 0 Å². The molecule has 0 saturated heterocycles. The van der Waals surface area contributed by atoms with Crippen LogP contribution in [0.5, 0.6) is 0 Å². The molecule has 3 aromatic rings. The third-order valence-electron chi connectivity index (χ3n) is 2.74. The van der Waals surface area contributed by atoms with E-state index in [1.54, 1.807) is 12.5 Å². The highest BCUT2D eigenvalue weighted by Gasteiger charge is 2.01. The number of rotatable bonds is 4. The molecule has 90 valence electrons. The maximum absolute atomic E-state index is 4.27. The third kappa shape index (κ3) is 2.15. The molecule has 0 amide bonds. The highest BCUT2D eigenvalue weighted by atomic mass is 15.3. The quantitative estimate of drug-likeness (QED) is 0.756. The Morgan fingerprint density at radius 2 is 2.06 bits per heavy atom. The van der Waals surface area contributed by atoms with Gasteiger partial charge in [-0.15, -0.1) is 0 Å². The molecule has 0 aliphatic carbocycles. The van der Waals surface area contributed by atoms with E-state index >= 15 is 0 Å². The van der Waals surface area contributed by atoms with E-state index in [-0.39, 0.29) is 0 Å². The Kier molecular flexibility index (Phi) is 2.87. The molecule has 18 heavy (non-hydrogen) atoms. The van der Waals surface area contributed by atoms with Gasteiger partial charge >= 0.3 is 0 Å². The smallest absolute Gasteiger partial charge is 0.137 e. The van der Waals surface area contributed by atoms with Gasteiger partial charge in [0.1, 0.15) is 12.1 Å². The highest BCUT2D eigenvalue weighted by molar-refractivity contribution is 5.88. The van der Waals surface area contributed by atoms with E-state index in [1.165, 1.54) is 0 Å². The molecule has 1 aromatic carbocycles. The Bertz CT molecular complexity index is 627. The van der Waals surface area contributed by atoms with Gasteiger partial charge in [0.05, 0.1) is 12.1 Å². The predicted molar refractivity (Wildman–Crippen MR) is 70.3 cm³/mol. The number of anilines is 1. The second-order valence-corrected chi connectivity index (χ2v) is 3.94. The molecule has 0 bridgehead atoms. The summed E-state index contributed by atoms with van der Waals surface area (Å²) in [4.78, 5) is 8.51. The summed E-state index contributed by atoms with van der Waals surface area (Å²) < 4.78 is 1.89. The van der Waals surface area contributed by atoms with Gasteiger partial charge in [-0.25, -0.2) is 9.97 Å². The van der Waals surface area contributed by atoms with Gasteiger partial charge in [-0.1, -0.05) is 12.1 Å². The van der Waals surface area contributed by atoms with Crippen molar-refractivity contribution in [3.05, 3.63) is 49.1 Å². The van der Waals surface area contributed by atoms with Gasteiger partial charge in [0, 0.05) is 24.3 Å². The molecule has 2 heterocycles. The van der Waals surface area contributed by atoms with Crippen LogP contribution in [0, 0.1) is 0 Å². The maximum atomic E-state index is 4.27. The zero-order valence-corrected chi connectivity index (χ0v) is 9.82. The molecule has 0 aliphatic heterocycles. The van der Waals surface area contributed by atoms with Crippen molar-refractivity contribution in [1.82, 2.24) is 19.7 Å². The minimum Gasteiger partial charge on any atom is -0.368 e. The molecule has 2 aromatic heterocycles. The topological polar surface area (TPSA) is 55.6 Å². The number of nitrogens with one attached hydrogen (secondary N) is 1. The Balaban J connectivity index is 1.74. The van der Waals surface area contributed by atoms with E-state index in [1.807, 2.05) is 41.2 Å². The van der Waals surface area contributed by atoms with Crippen LogP contribution in [0.25, 0.3) is 10.9 Å². The molecular formula is C13H13N5. The van der Waals surface area contributed by atoms with Crippen molar-refractivity contribution in [2.24, 2.45) is 0 Å². The SMILES string of the molecule is c1ccc2c(NCCn3cccn3)ncnc2c1. The first-order valence-electron chi connectivity index (χ1n) is 5.84. The lowest BCUT2D eigenvalue weighted by atomic mass is 10.2. The number of aromatic nitrogens is 4. The number of fused-ring (bicyclic) bond motifs is 1. The standard InChI is InChI=1S/C13H13N5/c1-2-5-12-11(4-1)13(16-10-15-12)14-7-9-18-8-3-6-17-18/h1-6,8,10H,7,9H2,(H,14,15,16). The summed E-state index contributed by atoms with van der Waals surface area (Å²) in [5.74, 6) is 0.868. The van der Waals surface area contributed by atoms with Crippen LogP contribution in [0.15, 0.2) is 49.1 Å². The Labute approximate surface area is 104 Å². The van der Waals surface area contributed by atoms with Crippen LogP contribution in [0.4, 0.5) is 5.82 Å². The molecular weight excluding hydrogens is 226 g/mol. The Morgan fingerprint density at radius 3 is 2.94 bits per heavy atom. The Morgan fingerprint density at radius 1 is 1.11 bits per heavy atom. The molecule has 0 spiro atoms. The summed E-state index contributed by atoms with van der Waals surface area (Å²) in [6.07, 6.45) is 5.30. The van der Waals surface area contributed by atoms with Crippen LogP contribution in [0.1, 0.15) is 0 Å². The molecule has 0 fully saturated rings. The van der Waals surface area contributed by atoms with Crippen molar-refractivity contribution in [3.63, 3.8) is 0 Å². The number of benzene rings is 1. The minimum atomic E-state index is 0.780. The maximum Gasteiger partial charge on any atom is 0.137 e. The van der Waals surface area contributed by atoms with Crippen molar-refractivity contribution >= 4 is 16.7 Å². The van der Waals surface area contributed by atoms with E-state index in [9.17, 15) is 0 Å². The molecule has 0 aliphatic rings. The highest BCUT2D eigenvalue weighted by Crippen LogP contribution is 2.17. The van der Waals surface area contributed by atoms with E-state index in [2.05, 4.69) is 20.4 Å². The zero-order valence-electron chi connectivity index (χ0n) is 9.82. The molecule has 0 saturated carbocycles. The molecule has 3 rings (SSSR count). The molecule has 5 nitrogen and oxygen atoms in total. The van der Waals surface area contributed by atoms with Crippen molar-refractivity contribution in [1.29, 1.82) is 0 Å². The lowest BCUT2D eigenvalue weighted by molar-refractivity contribution is 0.637. The summed E-state index contributed by atoms with van der Waals surface area (Å²) in [6, 6.07) is 9.88. The van der Waals surface area contributed by atoms with Crippen molar-refractivity contribution in [3.8, 4) is 0 Å². The van der Waals surface area contributed by atoms with E-state index in [4.69, 9.17) is 0 Å². The zero-order chi connectivity index (χ0) is 12.2. The summed E-state index contributed by atoms with van der Waals surface area (Å²) in [7, 11) is 0. The first-order valence-corrected chi connectivity index (χ1v) is 5.84. The second-order valence-electron chi connectivity index (χ2n) is 3.94. The molecule has 0 atom stereocenters. The van der Waals surface area contributed by atoms with Crippen LogP contribution in [-0.4, -0.2) is 26.3 Å². The van der Waals surface area contributed by atoms with Crippen LogP contribution < -0.4 is 5.32 Å². The molecule has 0 radical (unpaired) electrons. The van der Waals surface area contributed by atoms with Crippen molar-refractivity contribution in [2.75, 3.05) is 11.9 Å². The largest absolute Gasteiger partial charge is 0.368 e. The number of hydrogen-bond acceptors (Lipinski definition) is 4. The Hall–Kier alpha value is -2.43. The summed E-state index contributed by atoms with van der Waals surface area (Å²) in [5, 5.41) is 8.51. The second kappa shape index (κ2) is 4.83. The van der Waals surface area contributed by atoms with Gasteiger partial charge in [0.15, 0.2) is 0 Å². The number of para-hydroxylation sites is 1. The van der Waals surface area contributed by atoms with Gasteiger partial charge in [-0.05, 0) is 18.2 Å². The average molecular weight is 239 g/mol. The fourth-order valence-electron chi connectivity index (χ4n) is 1.87. The van der Waals surface area contributed by atoms with Gasteiger partial charge < -0.3 is 5.32 Å². The van der Waals surface area contributed by atoms with Gasteiger partial charge in [-0.3, -0.25) is 4.68 Å². The van der Waals surface area contributed by atoms with Crippen LogP contribution in [0.3, 0.4) is 0 Å². The minimum absolute atomic E-state index is 0.780. The van der Waals surface area contributed by atoms with Gasteiger partial charge in [0.25, 0.3) is 0 Å². The number of nitrogens with zero attached hydrogens (tertiary/aromatic N) is 4. The van der Waals surface area contributed by atoms with Crippen molar-refractivity contribution in [2.45, 2.75) is 6.54 Å². The molecule has 0 unspecified atom stereocenters. The third-order valence-corrected chi connectivity index (χ3v) is 2.74. The average Bonchev–Trinajstić information content (AvgIpc) is 2.92. The van der Waals surface area contributed by atoms with Crippen LogP contribution in [-0.2, 0) is 6.54 Å². The fraction of sp³-hybridized carbons (Fsp3) is 0.154. The van der Waals surface area contributed by atoms with E-state index in [0.29, 0.717) is 0 Å². The summed E-state index contributed by atoms with van der Waals surface area (Å²) >= 11 is 0. The number of hydrogen-bond donors (Lipinski definition) is 1. The van der Waals surface area contributed by atoms with Crippen LogP contribution in [0.2, 0.25) is 0 Å². The first kappa shape index (κ1) is 10.7. The lowest BCUT2D eigenvalue weighted by Gasteiger charge is -2.08. The normalized spacial score (nSPS) is 10.7.